The number of ether oxygens (including phenoxy) is 1. The number of primary amides is 1. The zero-order valence-electron chi connectivity index (χ0n) is 14.2. The van der Waals surface area contributed by atoms with Gasteiger partial charge in [-0.05, 0) is 51.5 Å². The maximum Gasteiger partial charge on any atom is 0.255 e. The topological polar surface area (TPSA) is 98.4 Å². The Morgan fingerprint density at radius 1 is 1.17 bits per heavy atom. The average molecular weight is 332 g/mol. The van der Waals surface area contributed by atoms with Crippen molar-refractivity contribution in [3.05, 3.63) is 23.0 Å². The van der Waals surface area contributed by atoms with Gasteiger partial charge >= 0.3 is 0 Å². The number of hydrogen-bond donors (Lipinski definition) is 1. The van der Waals surface area contributed by atoms with Gasteiger partial charge in [0.05, 0.1) is 23.1 Å². The van der Waals surface area contributed by atoms with Crippen molar-refractivity contribution < 1.29 is 14.3 Å². The number of piperidine rings is 1. The summed E-state index contributed by atoms with van der Waals surface area (Å²) in [6, 6.07) is 1.80. The second kappa shape index (κ2) is 6.84. The van der Waals surface area contributed by atoms with Crippen molar-refractivity contribution in [3.8, 4) is 0 Å². The third-order valence-corrected chi connectivity index (χ3v) is 5.05. The summed E-state index contributed by atoms with van der Waals surface area (Å²) >= 11 is 0. The minimum Gasteiger partial charge on any atom is -0.367 e. The van der Waals surface area contributed by atoms with E-state index < -0.39 is 6.10 Å². The van der Waals surface area contributed by atoms with Crippen molar-refractivity contribution in [1.29, 1.82) is 0 Å². The zero-order chi connectivity index (χ0) is 17.3. The van der Waals surface area contributed by atoms with E-state index in [0.717, 1.165) is 25.0 Å². The lowest BCUT2D eigenvalue weighted by atomic mass is 9.89. The number of nitrogens with two attached hydrogens (primary N) is 1. The summed E-state index contributed by atoms with van der Waals surface area (Å²) in [7, 11) is 0. The Balaban J connectivity index is 1.58. The van der Waals surface area contributed by atoms with Crippen molar-refractivity contribution in [2.24, 2.45) is 11.7 Å². The number of carbonyl (C=O) groups excluding carboxylic acids is 2. The van der Waals surface area contributed by atoms with Crippen LogP contribution in [-0.2, 0) is 9.53 Å². The fourth-order valence-electron chi connectivity index (χ4n) is 3.63. The third kappa shape index (κ3) is 3.40. The maximum atomic E-state index is 12.7. The summed E-state index contributed by atoms with van der Waals surface area (Å²) in [6.07, 6.45) is 3.00. The zero-order valence-corrected chi connectivity index (χ0v) is 14.2. The molecule has 24 heavy (non-hydrogen) atoms. The first-order valence-corrected chi connectivity index (χ1v) is 8.50. The molecule has 2 N–H and O–H groups in total. The van der Waals surface area contributed by atoms with E-state index in [4.69, 9.17) is 10.5 Å². The minimum atomic E-state index is -0.442. The summed E-state index contributed by atoms with van der Waals surface area (Å²) in [5.74, 6) is 0.0317. The van der Waals surface area contributed by atoms with Crippen molar-refractivity contribution >= 4 is 11.8 Å². The van der Waals surface area contributed by atoms with E-state index in [-0.39, 0.29) is 17.9 Å². The first-order valence-electron chi connectivity index (χ1n) is 8.50. The molecule has 3 rings (SSSR count). The molecule has 2 atom stereocenters. The highest BCUT2D eigenvalue weighted by Crippen LogP contribution is 2.32. The van der Waals surface area contributed by atoms with Gasteiger partial charge in [-0.3, -0.25) is 9.59 Å². The van der Waals surface area contributed by atoms with Crippen LogP contribution in [0.3, 0.4) is 0 Å². The molecule has 0 bridgehead atoms. The van der Waals surface area contributed by atoms with Crippen LogP contribution in [0.2, 0.25) is 0 Å². The molecule has 2 amide bonds. The molecule has 0 aromatic carbocycles. The number of aromatic nitrogens is 2. The number of nitrogens with zero attached hydrogens (tertiary/aromatic N) is 3. The van der Waals surface area contributed by atoms with Gasteiger partial charge < -0.3 is 15.4 Å². The molecule has 1 aromatic heterocycles. The molecule has 2 fully saturated rings. The summed E-state index contributed by atoms with van der Waals surface area (Å²) < 4.78 is 5.78. The second-order valence-corrected chi connectivity index (χ2v) is 6.76. The number of carbonyl (C=O) groups is 2. The Labute approximate surface area is 141 Å². The first-order chi connectivity index (χ1) is 11.5. The molecule has 130 valence electrons. The molecule has 0 aliphatic carbocycles. The lowest BCUT2D eigenvalue weighted by Crippen LogP contribution is -2.42. The molecule has 0 saturated carbocycles. The molecule has 7 nitrogen and oxygen atoms in total. The van der Waals surface area contributed by atoms with Crippen molar-refractivity contribution in [1.82, 2.24) is 15.1 Å². The van der Waals surface area contributed by atoms with Gasteiger partial charge in [0.2, 0.25) is 5.91 Å². The highest BCUT2D eigenvalue weighted by atomic mass is 16.5. The van der Waals surface area contributed by atoms with Gasteiger partial charge in [0, 0.05) is 13.1 Å². The molecule has 2 saturated heterocycles. The average Bonchev–Trinajstić information content (AvgIpc) is 3.07. The number of hydrogen-bond acceptors (Lipinski definition) is 5. The molecule has 0 unspecified atom stereocenters. The Morgan fingerprint density at radius 2 is 1.88 bits per heavy atom. The van der Waals surface area contributed by atoms with Crippen LogP contribution in [0.5, 0.6) is 0 Å². The van der Waals surface area contributed by atoms with Crippen molar-refractivity contribution in [2.75, 3.05) is 13.1 Å². The molecular weight excluding hydrogens is 308 g/mol. The normalized spacial score (nSPS) is 25.0. The highest BCUT2D eigenvalue weighted by molar-refractivity contribution is 5.95. The van der Waals surface area contributed by atoms with E-state index in [2.05, 4.69) is 10.2 Å². The molecule has 3 heterocycles. The predicted molar refractivity (Wildman–Crippen MR) is 87.2 cm³/mol. The number of rotatable bonds is 3. The summed E-state index contributed by atoms with van der Waals surface area (Å²) in [6.45, 7) is 5.04. The standard InChI is InChI=1S/C17H24N4O3/c1-10-9-13(11(2)20-19-10)17(23)21-7-5-12(6-8-21)14-3-4-15(24-14)16(18)22/h9,12,14-15H,3-8H2,1-2H3,(H2,18,22)/t14-,15+/m0/s1. The largest absolute Gasteiger partial charge is 0.367 e. The van der Waals surface area contributed by atoms with Gasteiger partial charge in [0.25, 0.3) is 5.91 Å². The van der Waals surface area contributed by atoms with Gasteiger partial charge in [0.15, 0.2) is 0 Å². The van der Waals surface area contributed by atoms with E-state index in [9.17, 15) is 9.59 Å². The van der Waals surface area contributed by atoms with Gasteiger partial charge in [-0.25, -0.2) is 0 Å². The van der Waals surface area contributed by atoms with Crippen molar-refractivity contribution in [3.63, 3.8) is 0 Å². The smallest absolute Gasteiger partial charge is 0.255 e. The quantitative estimate of drug-likeness (QED) is 0.889. The fourth-order valence-corrected chi connectivity index (χ4v) is 3.63. The van der Waals surface area contributed by atoms with Gasteiger partial charge in [-0.15, -0.1) is 0 Å². The van der Waals surface area contributed by atoms with Crippen LogP contribution in [0.25, 0.3) is 0 Å². The number of likely N-dealkylation sites (tertiary alicyclic amines) is 1. The summed E-state index contributed by atoms with van der Waals surface area (Å²) in [5.41, 5.74) is 7.35. The summed E-state index contributed by atoms with van der Waals surface area (Å²) in [4.78, 5) is 25.8. The van der Waals surface area contributed by atoms with E-state index in [0.29, 0.717) is 36.7 Å². The van der Waals surface area contributed by atoms with Crippen LogP contribution in [0, 0.1) is 19.8 Å². The van der Waals surface area contributed by atoms with Gasteiger partial charge in [-0.2, -0.15) is 10.2 Å². The lowest BCUT2D eigenvalue weighted by molar-refractivity contribution is -0.130. The Bertz CT molecular complexity index is 641. The van der Waals surface area contributed by atoms with Crippen molar-refractivity contribution in [2.45, 2.75) is 51.7 Å². The Hall–Kier alpha value is -2.02. The van der Waals surface area contributed by atoms with E-state index in [1.807, 2.05) is 18.7 Å². The van der Waals surface area contributed by atoms with Crippen LogP contribution in [0.15, 0.2) is 6.07 Å². The van der Waals surface area contributed by atoms with E-state index in [1.54, 1.807) is 6.07 Å². The highest BCUT2D eigenvalue weighted by Gasteiger charge is 2.36. The predicted octanol–water partition coefficient (Wildman–Crippen LogP) is 0.979. The SMILES string of the molecule is Cc1cc(C(=O)N2CCC([C@@H]3CC[C@H](C(N)=O)O3)CC2)c(C)nn1. The molecule has 7 heteroatoms. The van der Waals surface area contributed by atoms with Crippen LogP contribution >= 0.6 is 0 Å². The number of amides is 2. The van der Waals surface area contributed by atoms with Crippen LogP contribution in [-0.4, -0.2) is 52.2 Å². The summed E-state index contributed by atoms with van der Waals surface area (Å²) in [5, 5.41) is 8.01. The van der Waals surface area contributed by atoms with Gasteiger partial charge in [0.1, 0.15) is 6.10 Å². The second-order valence-electron chi connectivity index (χ2n) is 6.76. The lowest BCUT2D eigenvalue weighted by Gasteiger charge is -2.34. The molecule has 2 aliphatic rings. The number of aryl methyl sites for hydroxylation is 2. The first kappa shape index (κ1) is 16.8. The van der Waals surface area contributed by atoms with Crippen LogP contribution in [0.1, 0.15) is 47.4 Å². The van der Waals surface area contributed by atoms with E-state index >= 15 is 0 Å². The Morgan fingerprint density at radius 3 is 2.50 bits per heavy atom. The minimum absolute atomic E-state index is 0.0197. The fraction of sp³-hybridized carbons (Fsp3) is 0.647. The van der Waals surface area contributed by atoms with Crippen LogP contribution in [0.4, 0.5) is 0 Å². The molecule has 0 radical (unpaired) electrons. The molecule has 0 spiro atoms. The Kier molecular flexibility index (Phi) is 4.80. The molecular formula is C17H24N4O3. The molecule has 2 aliphatic heterocycles. The monoisotopic (exact) mass is 332 g/mol. The third-order valence-electron chi connectivity index (χ3n) is 5.05. The van der Waals surface area contributed by atoms with Gasteiger partial charge in [-0.1, -0.05) is 0 Å². The maximum absolute atomic E-state index is 12.7. The van der Waals surface area contributed by atoms with Crippen LogP contribution < -0.4 is 5.73 Å². The molecule has 1 aromatic rings. The van der Waals surface area contributed by atoms with E-state index in [1.165, 1.54) is 0 Å².